The number of aromatic nitrogens is 2. The predicted molar refractivity (Wildman–Crippen MR) is 111 cm³/mol. The number of nitrogens with zero attached hydrogens (tertiary/aromatic N) is 1. The van der Waals surface area contributed by atoms with Crippen LogP contribution in [0.4, 0.5) is 5.69 Å². The topological polar surface area (TPSA) is 80.0 Å². The number of rotatable bonds is 4. The van der Waals surface area contributed by atoms with Crippen LogP contribution in [0.2, 0.25) is 5.02 Å². The Hall–Kier alpha value is -3.16. The molecule has 2 N–H and O–H groups in total. The minimum atomic E-state index is -0.316. The van der Waals surface area contributed by atoms with Crippen LogP contribution in [-0.2, 0) is 6.54 Å². The number of hydrogen-bond donors (Lipinski definition) is 2. The monoisotopic (exact) mass is 411 g/mol. The standard InChI is InChI=1S/C20H14ClN3O3S/c21-13-3-1-4-14(10-13)22-18(25)12-6-7-16-17(9-12)23-20(28)24(19(16)26)11-15-5-2-8-27-15/h1-10H,11H2,(H,22,25)(H,23,28). The molecule has 0 atom stereocenters. The molecule has 2 aromatic carbocycles. The van der Waals surface area contributed by atoms with Crippen LogP contribution in [0.1, 0.15) is 16.1 Å². The number of carbonyl (C=O) groups excluding carboxylic acids is 1. The fourth-order valence-corrected chi connectivity index (χ4v) is 3.31. The van der Waals surface area contributed by atoms with Crippen molar-refractivity contribution in [3.63, 3.8) is 0 Å². The van der Waals surface area contributed by atoms with Crippen molar-refractivity contribution in [2.75, 3.05) is 5.32 Å². The third kappa shape index (κ3) is 3.62. The molecule has 0 aliphatic heterocycles. The molecule has 0 radical (unpaired) electrons. The van der Waals surface area contributed by atoms with Crippen molar-refractivity contribution in [1.82, 2.24) is 9.55 Å². The number of amides is 1. The minimum Gasteiger partial charge on any atom is -0.467 e. The average Bonchev–Trinajstić information content (AvgIpc) is 3.18. The first-order valence-corrected chi connectivity index (χ1v) is 9.16. The first kappa shape index (κ1) is 18.2. The summed E-state index contributed by atoms with van der Waals surface area (Å²) >= 11 is 11.3. The molecular weight excluding hydrogens is 398 g/mol. The first-order chi connectivity index (χ1) is 13.5. The number of fused-ring (bicyclic) bond motifs is 1. The van der Waals surface area contributed by atoms with E-state index in [-0.39, 0.29) is 22.8 Å². The number of halogens is 1. The molecule has 0 bridgehead atoms. The van der Waals surface area contributed by atoms with E-state index < -0.39 is 0 Å². The molecular formula is C20H14ClN3O3S. The van der Waals surface area contributed by atoms with Gasteiger partial charge in [-0.05, 0) is 60.7 Å². The quantitative estimate of drug-likeness (QED) is 0.481. The van der Waals surface area contributed by atoms with Crippen molar-refractivity contribution in [3.8, 4) is 0 Å². The molecule has 2 aromatic heterocycles. The number of carbonyl (C=O) groups is 1. The van der Waals surface area contributed by atoms with Gasteiger partial charge in [-0.3, -0.25) is 14.2 Å². The van der Waals surface area contributed by atoms with Crippen LogP contribution in [-0.4, -0.2) is 15.5 Å². The molecule has 140 valence electrons. The molecule has 2 heterocycles. The van der Waals surface area contributed by atoms with Crippen LogP contribution >= 0.6 is 23.8 Å². The Labute approximate surface area is 169 Å². The van der Waals surface area contributed by atoms with Crippen molar-refractivity contribution in [2.45, 2.75) is 6.54 Å². The predicted octanol–water partition coefficient (Wildman–Crippen LogP) is 4.61. The highest BCUT2D eigenvalue weighted by Crippen LogP contribution is 2.17. The zero-order valence-corrected chi connectivity index (χ0v) is 16.0. The summed E-state index contributed by atoms with van der Waals surface area (Å²) in [6.07, 6.45) is 1.54. The fourth-order valence-electron chi connectivity index (χ4n) is 2.87. The van der Waals surface area contributed by atoms with Gasteiger partial charge in [0.05, 0.1) is 23.7 Å². The Morgan fingerprint density at radius 3 is 2.79 bits per heavy atom. The van der Waals surface area contributed by atoms with Crippen molar-refractivity contribution >= 4 is 46.3 Å². The summed E-state index contributed by atoms with van der Waals surface area (Å²) in [5, 5.41) is 3.73. The maximum absolute atomic E-state index is 12.8. The van der Waals surface area contributed by atoms with Gasteiger partial charge < -0.3 is 14.7 Å². The Bertz CT molecular complexity index is 1290. The Balaban J connectivity index is 1.68. The zero-order valence-electron chi connectivity index (χ0n) is 14.4. The second-order valence-electron chi connectivity index (χ2n) is 6.13. The van der Waals surface area contributed by atoms with Crippen LogP contribution in [0.3, 0.4) is 0 Å². The number of hydrogen-bond acceptors (Lipinski definition) is 4. The van der Waals surface area contributed by atoms with Gasteiger partial charge in [0.2, 0.25) is 0 Å². The molecule has 0 saturated carbocycles. The number of aromatic amines is 1. The van der Waals surface area contributed by atoms with Crippen LogP contribution in [0.5, 0.6) is 0 Å². The van der Waals surface area contributed by atoms with Crippen molar-refractivity contribution in [2.24, 2.45) is 0 Å². The molecule has 0 aliphatic carbocycles. The van der Waals surface area contributed by atoms with Crippen molar-refractivity contribution in [1.29, 1.82) is 0 Å². The maximum Gasteiger partial charge on any atom is 0.262 e. The first-order valence-electron chi connectivity index (χ1n) is 8.37. The highest BCUT2D eigenvalue weighted by atomic mass is 35.5. The van der Waals surface area contributed by atoms with Gasteiger partial charge in [0, 0.05) is 16.3 Å². The highest BCUT2D eigenvalue weighted by Gasteiger charge is 2.12. The molecule has 6 nitrogen and oxygen atoms in total. The number of nitrogens with one attached hydrogen (secondary N) is 2. The van der Waals surface area contributed by atoms with E-state index in [4.69, 9.17) is 28.2 Å². The molecule has 0 saturated heterocycles. The zero-order chi connectivity index (χ0) is 19.7. The molecule has 0 spiro atoms. The van der Waals surface area contributed by atoms with E-state index in [0.717, 1.165) is 0 Å². The van der Waals surface area contributed by atoms with Crippen LogP contribution in [0.15, 0.2) is 70.1 Å². The van der Waals surface area contributed by atoms with E-state index in [9.17, 15) is 9.59 Å². The summed E-state index contributed by atoms with van der Waals surface area (Å²) < 4.78 is 6.96. The largest absolute Gasteiger partial charge is 0.467 e. The van der Waals surface area contributed by atoms with E-state index in [1.165, 1.54) is 4.57 Å². The van der Waals surface area contributed by atoms with E-state index in [2.05, 4.69) is 10.3 Å². The van der Waals surface area contributed by atoms with Gasteiger partial charge in [-0.2, -0.15) is 0 Å². The van der Waals surface area contributed by atoms with Crippen LogP contribution in [0, 0.1) is 4.77 Å². The maximum atomic E-state index is 12.8. The summed E-state index contributed by atoms with van der Waals surface area (Å²) in [7, 11) is 0. The third-order valence-corrected chi connectivity index (χ3v) is 4.78. The summed E-state index contributed by atoms with van der Waals surface area (Å²) in [6.45, 7) is 0.230. The third-order valence-electron chi connectivity index (χ3n) is 4.22. The second kappa shape index (κ2) is 7.46. The van der Waals surface area contributed by atoms with Gasteiger partial charge in [-0.25, -0.2) is 0 Å². The molecule has 0 fully saturated rings. The second-order valence-corrected chi connectivity index (χ2v) is 6.95. The summed E-state index contributed by atoms with van der Waals surface area (Å²) in [4.78, 5) is 28.3. The SMILES string of the molecule is O=C(Nc1cccc(Cl)c1)c1ccc2c(=O)n(Cc3ccco3)c(=S)[nH]c2c1. The van der Waals surface area contributed by atoms with Gasteiger partial charge >= 0.3 is 0 Å². The molecule has 4 aromatic rings. The summed E-state index contributed by atoms with van der Waals surface area (Å²) in [6, 6.07) is 15.2. The molecule has 0 aliphatic rings. The Morgan fingerprint density at radius 1 is 1.18 bits per heavy atom. The van der Waals surface area contributed by atoms with Crippen molar-refractivity contribution < 1.29 is 9.21 Å². The van der Waals surface area contributed by atoms with E-state index in [1.807, 2.05) is 0 Å². The smallest absolute Gasteiger partial charge is 0.262 e. The molecule has 28 heavy (non-hydrogen) atoms. The summed E-state index contributed by atoms with van der Waals surface area (Å²) in [5.74, 6) is 0.307. The minimum absolute atomic E-state index is 0.230. The fraction of sp³-hybridized carbons (Fsp3) is 0.0500. The Kier molecular flexibility index (Phi) is 4.85. The Morgan fingerprint density at radius 2 is 2.04 bits per heavy atom. The van der Waals surface area contributed by atoms with Crippen molar-refractivity contribution in [3.05, 3.63) is 92.3 Å². The van der Waals surface area contributed by atoms with E-state index >= 15 is 0 Å². The lowest BCUT2D eigenvalue weighted by molar-refractivity contribution is 0.102. The molecule has 1 amide bonds. The summed E-state index contributed by atoms with van der Waals surface area (Å²) in [5.41, 5.74) is 1.21. The molecule has 4 rings (SSSR count). The number of furan rings is 1. The van der Waals surface area contributed by atoms with Gasteiger partial charge in [0.25, 0.3) is 11.5 Å². The van der Waals surface area contributed by atoms with Crippen LogP contribution in [0.25, 0.3) is 10.9 Å². The lowest BCUT2D eigenvalue weighted by Crippen LogP contribution is -2.23. The normalized spacial score (nSPS) is 10.9. The lowest BCUT2D eigenvalue weighted by atomic mass is 10.1. The number of benzene rings is 2. The number of anilines is 1. The van der Waals surface area contributed by atoms with Gasteiger partial charge in [-0.15, -0.1) is 0 Å². The van der Waals surface area contributed by atoms with E-state index in [0.29, 0.717) is 32.9 Å². The van der Waals surface area contributed by atoms with Gasteiger partial charge in [0.1, 0.15) is 5.76 Å². The molecule has 0 unspecified atom stereocenters. The van der Waals surface area contributed by atoms with E-state index in [1.54, 1.807) is 60.9 Å². The average molecular weight is 412 g/mol. The highest BCUT2D eigenvalue weighted by molar-refractivity contribution is 7.71. The lowest BCUT2D eigenvalue weighted by Gasteiger charge is -2.09. The number of H-pyrrole nitrogens is 1. The van der Waals surface area contributed by atoms with Gasteiger partial charge in [-0.1, -0.05) is 17.7 Å². The van der Waals surface area contributed by atoms with Crippen LogP contribution < -0.4 is 10.9 Å². The van der Waals surface area contributed by atoms with Gasteiger partial charge in [0.15, 0.2) is 4.77 Å². The molecule has 8 heteroatoms.